The van der Waals surface area contributed by atoms with E-state index in [1.807, 2.05) is 13.0 Å². The van der Waals surface area contributed by atoms with Crippen molar-refractivity contribution in [2.45, 2.75) is 18.1 Å². The summed E-state index contributed by atoms with van der Waals surface area (Å²) in [4.78, 5) is 16.1. The van der Waals surface area contributed by atoms with Gasteiger partial charge in [-0.3, -0.25) is 10.1 Å². The maximum absolute atomic E-state index is 12.1. The number of thiazole rings is 1. The molecule has 0 aliphatic rings. The fraction of sp³-hybridized carbons (Fsp3) is 0.167. The number of hydrogen-bond acceptors (Lipinski definition) is 5. The number of hydrogen-bond donors (Lipinski definition) is 1. The molecule has 0 unspecified atom stereocenters. The number of halogens is 2. The molecule has 21 heavy (non-hydrogen) atoms. The van der Waals surface area contributed by atoms with Gasteiger partial charge in [0.05, 0.1) is 5.69 Å². The summed E-state index contributed by atoms with van der Waals surface area (Å²) in [5.41, 5.74) is 1.63. The Kier molecular flexibility index (Phi) is 4.72. The monoisotopic (exact) mass is 408 g/mol. The molecule has 2 aromatic rings. The molecule has 1 heterocycles. The van der Waals surface area contributed by atoms with E-state index in [1.165, 1.54) is 6.92 Å². The van der Waals surface area contributed by atoms with E-state index in [1.54, 1.807) is 12.1 Å². The Morgan fingerprint density at radius 1 is 1.33 bits per heavy atom. The van der Waals surface area contributed by atoms with E-state index < -0.39 is 9.05 Å². The first-order valence-corrected chi connectivity index (χ1v) is 9.59. The Morgan fingerprint density at radius 2 is 2.00 bits per heavy atom. The fourth-order valence-corrected chi connectivity index (χ4v) is 4.65. The lowest BCUT2D eigenvalue weighted by molar-refractivity contribution is 0.102. The minimum absolute atomic E-state index is 0.0649. The van der Waals surface area contributed by atoms with Crippen LogP contribution in [0.1, 0.15) is 21.6 Å². The van der Waals surface area contributed by atoms with E-state index >= 15 is 0 Å². The van der Waals surface area contributed by atoms with Crippen LogP contribution in [0.25, 0.3) is 0 Å². The first-order valence-electron chi connectivity index (χ1n) is 5.67. The SMILES string of the molecule is Cc1cc(Br)cc(C(=O)Nc2nc(C)c(S(=O)(=O)Cl)s2)c1. The Bertz CT molecular complexity index is 798. The van der Waals surface area contributed by atoms with Crippen molar-refractivity contribution >= 4 is 58.0 Å². The van der Waals surface area contributed by atoms with Gasteiger partial charge in [-0.15, -0.1) is 0 Å². The van der Waals surface area contributed by atoms with Crippen molar-refractivity contribution in [3.63, 3.8) is 0 Å². The molecular weight excluding hydrogens is 400 g/mol. The molecular formula is C12H10BrClN2O3S2. The zero-order valence-corrected chi connectivity index (χ0v) is 15.0. The van der Waals surface area contributed by atoms with Crippen LogP contribution in [0, 0.1) is 13.8 Å². The van der Waals surface area contributed by atoms with Crippen molar-refractivity contribution < 1.29 is 13.2 Å². The number of anilines is 1. The fourth-order valence-electron chi connectivity index (χ4n) is 1.70. The van der Waals surface area contributed by atoms with Crippen LogP contribution in [0.3, 0.4) is 0 Å². The lowest BCUT2D eigenvalue weighted by atomic mass is 10.1. The van der Waals surface area contributed by atoms with Crippen molar-refractivity contribution in [2.75, 3.05) is 5.32 Å². The topological polar surface area (TPSA) is 76.1 Å². The van der Waals surface area contributed by atoms with Crippen LogP contribution in [0.2, 0.25) is 0 Å². The number of carbonyl (C=O) groups is 1. The number of benzene rings is 1. The van der Waals surface area contributed by atoms with Gasteiger partial charge in [-0.1, -0.05) is 27.3 Å². The van der Waals surface area contributed by atoms with Gasteiger partial charge in [-0.25, -0.2) is 13.4 Å². The van der Waals surface area contributed by atoms with Crippen molar-refractivity contribution in [1.82, 2.24) is 4.98 Å². The highest BCUT2D eigenvalue weighted by Gasteiger charge is 2.20. The molecule has 0 fully saturated rings. The first kappa shape index (κ1) is 16.4. The van der Waals surface area contributed by atoms with E-state index in [0.29, 0.717) is 5.56 Å². The summed E-state index contributed by atoms with van der Waals surface area (Å²) in [6.45, 7) is 3.39. The summed E-state index contributed by atoms with van der Waals surface area (Å²) in [6.07, 6.45) is 0. The van der Waals surface area contributed by atoms with E-state index in [9.17, 15) is 13.2 Å². The molecule has 1 aromatic heterocycles. The number of carbonyl (C=O) groups excluding carboxylic acids is 1. The van der Waals surface area contributed by atoms with Crippen LogP contribution < -0.4 is 5.32 Å². The summed E-state index contributed by atoms with van der Waals surface area (Å²) < 4.78 is 23.4. The lowest BCUT2D eigenvalue weighted by Crippen LogP contribution is -2.11. The maximum Gasteiger partial charge on any atom is 0.272 e. The second kappa shape index (κ2) is 6.04. The predicted molar refractivity (Wildman–Crippen MR) is 86.7 cm³/mol. The van der Waals surface area contributed by atoms with Crippen LogP contribution in [0.4, 0.5) is 5.13 Å². The van der Waals surface area contributed by atoms with E-state index in [-0.39, 0.29) is 20.9 Å². The second-order valence-electron chi connectivity index (χ2n) is 4.30. The van der Waals surface area contributed by atoms with Gasteiger partial charge in [0.1, 0.15) is 0 Å². The van der Waals surface area contributed by atoms with Gasteiger partial charge in [-0.05, 0) is 37.6 Å². The molecule has 1 aromatic carbocycles. The first-order chi connectivity index (χ1) is 9.66. The molecule has 0 radical (unpaired) electrons. The molecule has 0 atom stereocenters. The molecule has 0 saturated carbocycles. The minimum Gasteiger partial charge on any atom is -0.298 e. The Hall–Kier alpha value is -0.960. The molecule has 5 nitrogen and oxygen atoms in total. The summed E-state index contributed by atoms with van der Waals surface area (Å²) in [5, 5.41) is 2.76. The molecule has 2 rings (SSSR count). The van der Waals surface area contributed by atoms with E-state index in [0.717, 1.165) is 21.4 Å². The minimum atomic E-state index is -3.86. The Balaban J connectivity index is 2.28. The molecule has 1 N–H and O–H groups in total. The zero-order valence-electron chi connectivity index (χ0n) is 11.0. The molecule has 0 spiro atoms. The van der Waals surface area contributed by atoms with Gasteiger partial charge in [0.2, 0.25) is 0 Å². The van der Waals surface area contributed by atoms with Crippen molar-refractivity contribution in [3.8, 4) is 0 Å². The summed E-state index contributed by atoms with van der Waals surface area (Å²) >= 11 is 4.14. The van der Waals surface area contributed by atoms with Gasteiger partial charge in [-0.2, -0.15) is 0 Å². The van der Waals surface area contributed by atoms with E-state index in [4.69, 9.17) is 10.7 Å². The normalized spacial score (nSPS) is 11.4. The third-order valence-corrected chi connectivity index (χ3v) is 6.21. The highest BCUT2D eigenvalue weighted by Crippen LogP contribution is 2.30. The zero-order chi connectivity index (χ0) is 15.8. The summed E-state index contributed by atoms with van der Waals surface area (Å²) in [5.74, 6) is -0.369. The quantitative estimate of drug-likeness (QED) is 0.784. The third kappa shape index (κ3) is 4.03. The molecule has 0 aliphatic heterocycles. The molecule has 0 saturated heterocycles. The summed E-state index contributed by atoms with van der Waals surface area (Å²) in [6, 6.07) is 5.27. The van der Waals surface area contributed by atoms with Crippen molar-refractivity contribution in [3.05, 3.63) is 39.5 Å². The van der Waals surface area contributed by atoms with Crippen LogP contribution in [-0.4, -0.2) is 19.3 Å². The highest BCUT2D eigenvalue weighted by molar-refractivity contribution is 9.10. The third-order valence-electron chi connectivity index (χ3n) is 2.50. The summed E-state index contributed by atoms with van der Waals surface area (Å²) in [7, 11) is 1.44. The predicted octanol–water partition coefficient (Wildman–Crippen LogP) is 3.70. The van der Waals surface area contributed by atoms with Gasteiger partial charge in [0.15, 0.2) is 9.34 Å². The average molecular weight is 410 g/mol. The number of nitrogens with zero attached hydrogens (tertiary/aromatic N) is 1. The van der Waals surface area contributed by atoms with Crippen LogP contribution in [0.15, 0.2) is 26.9 Å². The van der Waals surface area contributed by atoms with E-state index in [2.05, 4.69) is 26.2 Å². The van der Waals surface area contributed by atoms with Crippen LogP contribution in [0.5, 0.6) is 0 Å². The number of nitrogens with one attached hydrogen (secondary N) is 1. The smallest absolute Gasteiger partial charge is 0.272 e. The molecule has 1 amide bonds. The van der Waals surface area contributed by atoms with Gasteiger partial charge < -0.3 is 0 Å². The van der Waals surface area contributed by atoms with Crippen LogP contribution >= 0.6 is 37.9 Å². The number of amides is 1. The van der Waals surface area contributed by atoms with Gasteiger partial charge >= 0.3 is 0 Å². The number of rotatable bonds is 3. The standard InChI is InChI=1S/C12H10BrClN2O3S2/c1-6-3-8(5-9(13)4-6)10(17)16-12-15-7(2)11(20-12)21(14,18)19/h3-5H,1-2H3,(H,15,16,17). The average Bonchev–Trinajstić information content (AvgIpc) is 2.68. The maximum atomic E-state index is 12.1. The molecule has 112 valence electrons. The van der Waals surface area contributed by atoms with Crippen molar-refractivity contribution in [2.24, 2.45) is 0 Å². The second-order valence-corrected chi connectivity index (χ2v) is 8.98. The lowest BCUT2D eigenvalue weighted by Gasteiger charge is -2.03. The number of aromatic nitrogens is 1. The number of aryl methyl sites for hydroxylation is 2. The van der Waals surface area contributed by atoms with Crippen LogP contribution in [-0.2, 0) is 9.05 Å². The van der Waals surface area contributed by atoms with Gasteiger partial charge in [0, 0.05) is 20.7 Å². The molecule has 0 bridgehead atoms. The Labute approximate surface area is 138 Å². The largest absolute Gasteiger partial charge is 0.298 e. The highest BCUT2D eigenvalue weighted by atomic mass is 79.9. The molecule has 0 aliphatic carbocycles. The van der Waals surface area contributed by atoms with Crippen molar-refractivity contribution in [1.29, 1.82) is 0 Å². The van der Waals surface area contributed by atoms with Gasteiger partial charge in [0.25, 0.3) is 15.0 Å². The Morgan fingerprint density at radius 3 is 2.52 bits per heavy atom. The molecule has 9 heteroatoms.